The van der Waals surface area contributed by atoms with Crippen LogP contribution in [0.15, 0.2) is 4.99 Å². The number of nitrogens with zero attached hydrogens (tertiary/aromatic N) is 2. The minimum Gasteiger partial charge on any atom is -0.480 e. The minimum atomic E-state index is -1.66. The lowest BCUT2D eigenvalue weighted by Crippen LogP contribution is -2.61. The van der Waals surface area contributed by atoms with Gasteiger partial charge in [-0.1, -0.05) is 82.1 Å². The Balaban J connectivity index is 3.14. The van der Waals surface area contributed by atoms with E-state index in [2.05, 4.69) is 88.7 Å². The number of aliphatic imine (C=N–C) groups is 1. The first-order valence-electron chi connectivity index (χ1n) is 31.6. The van der Waals surface area contributed by atoms with Gasteiger partial charge in [-0.25, -0.2) is 4.79 Å². The summed E-state index contributed by atoms with van der Waals surface area (Å²) in [6.07, 6.45) is 2.65. The Bertz CT molecular complexity index is 2550. The van der Waals surface area contributed by atoms with E-state index in [0.717, 1.165) is 0 Å². The van der Waals surface area contributed by atoms with Crippen molar-refractivity contribution in [3.63, 3.8) is 0 Å². The number of guanidine groups is 1. The molecule has 0 aliphatic carbocycles. The highest BCUT2D eigenvalue weighted by Crippen LogP contribution is 2.21. The van der Waals surface area contributed by atoms with Gasteiger partial charge in [0, 0.05) is 24.6 Å². The van der Waals surface area contributed by atoms with E-state index in [0.29, 0.717) is 31.4 Å². The number of carbonyl (C=O) groups is 13. The number of aliphatic carboxylic acids is 1. The van der Waals surface area contributed by atoms with Crippen molar-refractivity contribution in [2.75, 3.05) is 49.7 Å². The molecule has 19 N–H and O–H groups in total. The monoisotopic (exact) mass is 1370 g/mol. The van der Waals surface area contributed by atoms with Crippen molar-refractivity contribution in [1.82, 2.24) is 63.4 Å². The van der Waals surface area contributed by atoms with E-state index in [1.165, 1.54) is 23.6 Å². The highest BCUT2D eigenvalue weighted by Gasteiger charge is 2.41. The molecule has 530 valence electrons. The van der Waals surface area contributed by atoms with E-state index in [-0.39, 0.29) is 74.5 Å². The topological polar surface area (TPSA) is 488 Å². The molecule has 12 amide bonds. The molecule has 1 saturated heterocycles. The van der Waals surface area contributed by atoms with Crippen LogP contribution in [-0.2, 0) is 62.3 Å². The zero-order valence-corrected chi connectivity index (χ0v) is 58.4. The molecule has 0 unspecified atom stereocenters. The van der Waals surface area contributed by atoms with Gasteiger partial charge in [0.05, 0.1) is 25.2 Å². The van der Waals surface area contributed by atoms with Crippen molar-refractivity contribution in [2.45, 2.75) is 207 Å². The van der Waals surface area contributed by atoms with Crippen molar-refractivity contribution in [3.05, 3.63) is 0 Å². The number of thioether (sulfide) groups is 1. The third-order valence-electron chi connectivity index (χ3n) is 15.4. The number of rotatable bonds is 43. The molecular formula is C59H106N16O15S3. The number of nitrogens with one attached hydrogen (secondary N) is 11. The zero-order chi connectivity index (χ0) is 71.0. The quantitative estimate of drug-likeness (QED) is 0.0124. The average molecular weight is 1380 g/mol. The maximum atomic E-state index is 14.1. The summed E-state index contributed by atoms with van der Waals surface area (Å²) in [6, 6.07) is -13.5. The Hall–Kier alpha value is -6.65. The summed E-state index contributed by atoms with van der Waals surface area (Å²) in [5.41, 5.74) is 16.8. The number of carbonyl (C=O) groups excluding carboxylic acids is 12. The molecule has 0 saturated carbocycles. The summed E-state index contributed by atoms with van der Waals surface area (Å²) in [5.74, 6) is -12.4. The van der Waals surface area contributed by atoms with Gasteiger partial charge in [-0.05, 0) is 93.5 Å². The summed E-state index contributed by atoms with van der Waals surface area (Å²) < 4.78 is 0. The van der Waals surface area contributed by atoms with E-state index in [9.17, 15) is 72.5 Å². The van der Waals surface area contributed by atoms with Gasteiger partial charge >= 0.3 is 5.97 Å². The molecule has 0 aromatic carbocycles. The van der Waals surface area contributed by atoms with Gasteiger partial charge in [-0.2, -0.15) is 37.0 Å². The van der Waals surface area contributed by atoms with Crippen LogP contribution in [0.1, 0.15) is 134 Å². The number of aliphatic hydroxyl groups is 1. The summed E-state index contributed by atoms with van der Waals surface area (Å²) in [5, 5.41) is 48.3. The number of hydrogen-bond donors (Lipinski definition) is 18. The number of hydrogen-bond acceptors (Lipinski definition) is 19. The normalized spacial score (nSPS) is 17.2. The first-order valence-corrected chi connectivity index (χ1v) is 34.2. The van der Waals surface area contributed by atoms with Crippen LogP contribution < -0.4 is 75.7 Å². The van der Waals surface area contributed by atoms with E-state index >= 15 is 0 Å². The van der Waals surface area contributed by atoms with Gasteiger partial charge in [-0.15, -0.1) is 0 Å². The molecule has 93 heavy (non-hydrogen) atoms. The van der Waals surface area contributed by atoms with Crippen molar-refractivity contribution >= 4 is 120 Å². The molecule has 0 spiro atoms. The van der Waals surface area contributed by atoms with E-state index < -0.39 is 180 Å². The van der Waals surface area contributed by atoms with Crippen LogP contribution in [0.2, 0.25) is 0 Å². The third kappa shape index (κ3) is 30.1. The van der Waals surface area contributed by atoms with Crippen LogP contribution in [0.25, 0.3) is 0 Å². The molecule has 0 aromatic heterocycles. The molecule has 0 bridgehead atoms. The summed E-state index contributed by atoms with van der Waals surface area (Å²) in [6.45, 7) is 17.6. The maximum Gasteiger partial charge on any atom is 0.327 e. The van der Waals surface area contributed by atoms with Crippen molar-refractivity contribution in [2.24, 2.45) is 51.8 Å². The molecule has 1 heterocycles. The number of carboxylic acids is 1. The number of nitrogens with two attached hydrogens (primary N) is 3. The maximum absolute atomic E-state index is 14.1. The second-order valence-electron chi connectivity index (χ2n) is 24.5. The molecule has 0 aromatic rings. The lowest BCUT2D eigenvalue weighted by Gasteiger charge is -2.32. The van der Waals surface area contributed by atoms with Crippen LogP contribution in [0.3, 0.4) is 0 Å². The lowest BCUT2D eigenvalue weighted by molar-refractivity contribution is -0.143. The van der Waals surface area contributed by atoms with E-state index in [1.807, 2.05) is 13.8 Å². The molecular weight excluding hydrogens is 1270 g/mol. The van der Waals surface area contributed by atoms with E-state index in [1.54, 1.807) is 61.6 Å². The first-order chi connectivity index (χ1) is 43.6. The second-order valence-corrected chi connectivity index (χ2v) is 26.3. The first kappa shape index (κ1) is 84.4. The fourth-order valence-corrected chi connectivity index (χ4v) is 10.6. The summed E-state index contributed by atoms with van der Waals surface area (Å²) in [7, 11) is 0. The average Bonchev–Trinajstić information content (AvgIpc) is 1.98. The molecule has 0 radical (unpaired) electrons. The van der Waals surface area contributed by atoms with Gasteiger partial charge in [-0.3, -0.25) is 62.5 Å². The van der Waals surface area contributed by atoms with Crippen LogP contribution >= 0.6 is 37.0 Å². The third-order valence-corrected chi connectivity index (χ3v) is 16.8. The Labute approximate surface area is 561 Å². The number of carboxylic acid groups (broad SMARTS) is 1. The van der Waals surface area contributed by atoms with Crippen molar-refractivity contribution in [1.29, 1.82) is 0 Å². The Kier molecular flexibility index (Phi) is 39.3. The van der Waals surface area contributed by atoms with Gasteiger partial charge in [0.2, 0.25) is 70.9 Å². The fraction of sp³-hybridized carbons (Fsp3) is 0.763. The molecule has 1 aliphatic heterocycles. The number of aliphatic hydroxyl groups excluding tert-OH is 1. The smallest absolute Gasteiger partial charge is 0.327 e. The number of thiol groups is 2. The van der Waals surface area contributed by atoms with Crippen LogP contribution in [0.5, 0.6) is 0 Å². The summed E-state index contributed by atoms with van der Waals surface area (Å²) in [4.78, 5) is 181. The van der Waals surface area contributed by atoms with Crippen LogP contribution in [0, 0.1) is 29.6 Å². The molecule has 1 rings (SSSR count). The Morgan fingerprint density at radius 3 is 1.51 bits per heavy atom. The van der Waals surface area contributed by atoms with Gasteiger partial charge in [0.25, 0.3) is 0 Å². The van der Waals surface area contributed by atoms with Gasteiger partial charge < -0.3 is 90.8 Å². The van der Waals surface area contributed by atoms with Crippen molar-refractivity contribution in [3.8, 4) is 0 Å². The molecule has 1 fully saturated rings. The fourth-order valence-electron chi connectivity index (χ4n) is 9.64. The highest BCUT2D eigenvalue weighted by atomic mass is 32.2. The molecule has 31 nitrogen and oxygen atoms in total. The van der Waals surface area contributed by atoms with Crippen LogP contribution in [0.4, 0.5) is 0 Å². The zero-order valence-electron chi connectivity index (χ0n) is 55.8. The predicted octanol–water partition coefficient (Wildman–Crippen LogP) is -3.13. The number of likely N-dealkylation sites (tertiary alicyclic amines) is 1. The molecule has 34 heteroatoms. The lowest BCUT2D eigenvalue weighted by atomic mass is 9.96. The Morgan fingerprint density at radius 1 is 0.570 bits per heavy atom. The largest absolute Gasteiger partial charge is 0.480 e. The SMILES string of the molecule is CC[C@H](C)[C@H](NC(=O)CNC(=O)[C@H](CC(C)C)NC(=O)[C@@H](NC(=O)CNC(=O)[C@H](CCSC)NC(=O)[C@H](CC(C)C)NC(=O)[C@@H](N)CCCN=C(N)N)[C@@H](C)O)C(=O)N[C@H](C(=O)N[C@@H](CS)C(=O)N1CCC[C@H]1C(=O)N[C@H](C(=O)N[C@@H](CS)C(=O)O)[C@@H](C)CC)C(C)C. The minimum absolute atomic E-state index is 0.0201. The highest BCUT2D eigenvalue weighted by molar-refractivity contribution is 7.98. The van der Waals surface area contributed by atoms with Crippen molar-refractivity contribution < 1.29 is 72.5 Å². The standard InChI is InChI=1S/C59H106N16O15S3/c1-13-32(9)45(55(86)73-44(31(7)8)53(84)69-39(27-91)57(88)75-21-16-18-41(75)52(83)74-46(33(10)14-2)54(85)70-40(28-92)58(89)90)71-42(77)25-65-50(81)37(23-29(3)4)68-56(87)47(34(11)76)72-43(78)26-64-49(80)36(19-22-93-12)66-51(82)38(24-30(5)6)67-48(79)35(60)17-15-20-63-59(61)62/h29-41,44-47,76,91-92H,13-28,60H2,1-12H3,(H,64,80)(H,65,81)(H,66,82)(H,67,79)(H,68,87)(H,69,84)(H,70,85)(H,71,77)(H,72,78)(H,73,86)(H,74,83)(H,89,90)(H4,61,62,63)/t32-,33-,34+,35-,36-,37-,38-,39-,40-,41-,44-,45-,46-,47-/m0/s1. The second kappa shape index (κ2) is 43.4. The molecule has 14 atom stereocenters. The summed E-state index contributed by atoms with van der Waals surface area (Å²) >= 11 is 9.72. The predicted molar refractivity (Wildman–Crippen MR) is 359 cm³/mol. The Morgan fingerprint density at radius 2 is 1.02 bits per heavy atom. The van der Waals surface area contributed by atoms with E-state index in [4.69, 9.17) is 17.2 Å². The number of amides is 12. The van der Waals surface area contributed by atoms with Gasteiger partial charge in [0.15, 0.2) is 5.96 Å². The van der Waals surface area contributed by atoms with Crippen LogP contribution in [-0.4, -0.2) is 220 Å². The van der Waals surface area contributed by atoms with Gasteiger partial charge in [0.1, 0.15) is 60.4 Å². The molecule has 1 aliphatic rings.